The van der Waals surface area contributed by atoms with Gasteiger partial charge in [0.2, 0.25) is 5.13 Å². The van der Waals surface area contributed by atoms with Crippen molar-refractivity contribution < 1.29 is 9.53 Å². The van der Waals surface area contributed by atoms with Gasteiger partial charge >= 0.3 is 0 Å². The van der Waals surface area contributed by atoms with Crippen LogP contribution in [0.25, 0.3) is 11.1 Å². The lowest BCUT2D eigenvalue weighted by molar-refractivity contribution is 0.102. The minimum absolute atomic E-state index is 0.285. The van der Waals surface area contributed by atoms with E-state index < -0.39 is 0 Å². The van der Waals surface area contributed by atoms with E-state index in [-0.39, 0.29) is 11.1 Å². The normalized spacial score (nSPS) is 10.8. The average Bonchev–Trinajstić information content (AvgIpc) is 3.25. The molecule has 0 radical (unpaired) electrons. The van der Waals surface area contributed by atoms with Crippen LogP contribution in [-0.4, -0.2) is 38.2 Å². The van der Waals surface area contributed by atoms with Crippen LogP contribution in [0.3, 0.4) is 0 Å². The van der Waals surface area contributed by atoms with E-state index in [1.54, 1.807) is 24.4 Å². The van der Waals surface area contributed by atoms with E-state index in [1.165, 1.54) is 42.6 Å². The molecule has 0 atom stereocenters. The van der Waals surface area contributed by atoms with Gasteiger partial charge in [-0.2, -0.15) is 0 Å². The third-order valence-electron chi connectivity index (χ3n) is 4.39. The second-order valence-corrected chi connectivity index (χ2v) is 9.69. The maximum atomic E-state index is 13.1. The summed E-state index contributed by atoms with van der Waals surface area (Å²) in [5.41, 5.74) is 3.20. The number of halogens is 2. The zero-order valence-electron chi connectivity index (χ0n) is 17.4. The van der Waals surface area contributed by atoms with Gasteiger partial charge < -0.3 is 4.74 Å². The Bertz CT molecular complexity index is 1300. The number of ether oxygens (including phenoxy) is 1. The first-order valence-corrected chi connectivity index (χ1v) is 12.0. The van der Waals surface area contributed by atoms with E-state index in [0.29, 0.717) is 42.7 Å². The third-order valence-corrected chi connectivity index (χ3v) is 6.82. The number of rotatable bonds is 7. The summed E-state index contributed by atoms with van der Waals surface area (Å²) >= 11 is 14.7. The highest BCUT2D eigenvalue weighted by atomic mass is 35.5. The number of amides is 1. The van der Waals surface area contributed by atoms with Crippen molar-refractivity contribution in [3.63, 3.8) is 0 Å². The highest BCUT2D eigenvalue weighted by Gasteiger charge is 2.19. The van der Waals surface area contributed by atoms with Crippen molar-refractivity contribution in [2.75, 3.05) is 12.4 Å². The number of hydrogen-bond donors (Lipinski definition) is 1. The Balaban J connectivity index is 1.53. The molecular formula is C21H16Cl2N6O2S2. The molecular weight excluding hydrogens is 503 g/mol. The van der Waals surface area contributed by atoms with Gasteiger partial charge in [0.15, 0.2) is 4.34 Å². The predicted octanol–water partition coefficient (Wildman–Crippen LogP) is 5.56. The van der Waals surface area contributed by atoms with Crippen molar-refractivity contribution in [1.82, 2.24) is 25.1 Å². The Morgan fingerprint density at radius 1 is 1.09 bits per heavy atom. The van der Waals surface area contributed by atoms with Crippen LogP contribution >= 0.6 is 46.3 Å². The number of anilines is 1. The summed E-state index contributed by atoms with van der Waals surface area (Å²) in [6, 6.07) is 7.08. The minimum Gasteiger partial charge on any atom is -0.494 e. The SMILES string of the molecule is COc1cnc(Cl)cc1-c1cc(C)ncc1C(=O)Nc1nnc(SCc2ccc(Cl)cn2)s1. The Hall–Kier alpha value is -2.79. The molecule has 4 rings (SSSR count). The first-order valence-electron chi connectivity index (χ1n) is 9.47. The van der Waals surface area contributed by atoms with Crippen LogP contribution in [-0.2, 0) is 5.75 Å². The second kappa shape index (κ2) is 10.4. The summed E-state index contributed by atoms with van der Waals surface area (Å²) in [7, 11) is 1.53. The second-order valence-electron chi connectivity index (χ2n) is 6.66. The summed E-state index contributed by atoms with van der Waals surface area (Å²) in [4.78, 5) is 25.7. The number of aryl methyl sites for hydroxylation is 1. The monoisotopic (exact) mass is 518 g/mol. The third kappa shape index (κ3) is 5.77. The van der Waals surface area contributed by atoms with Crippen LogP contribution < -0.4 is 10.1 Å². The van der Waals surface area contributed by atoms with E-state index in [9.17, 15) is 4.79 Å². The van der Waals surface area contributed by atoms with E-state index in [0.717, 1.165) is 11.4 Å². The fourth-order valence-corrected chi connectivity index (χ4v) is 4.80. The van der Waals surface area contributed by atoms with Gasteiger partial charge in [0.1, 0.15) is 10.9 Å². The van der Waals surface area contributed by atoms with Crippen molar-refractivity contribution in [2.45, 2.75) is 17.0 Å². The number of carbonyl (C=O) groups is 1. The lowest BCUT2D eigenvalue weighted by Gasteiger charge is -2.13. The lowest BCUT2D eigenvalue weighted by Crippen LogP contribution is -2.14. The maximum absolute atomic E-state index is 13.1. The molecule has 0 fully saturated rings. The lowest BCUT2D eigenvalue weighted by atomic mass is 10.0. The molecule has 4 aromatic heterocycles. The van der Waals surface area contributed by atoms with Crippen molar-refractivity contribution >= 4 is 57.3 Å². The summed E-state index contributed by atoms with van der Waals surface area (Å²) in [5, 5.41) is 12.2. The highest BCUT2D eigenvalue weighted by molar-refractivity contribution is 8.00. The molecule has 4 heterocycles. The van der Waals surface area contributed by atoms with E-state index in [4.69, 9.17) is 27.9 Å². The molecule has 4 aromatic rings. The van der Waals surface area contributed by atoms with Gasteiger partial charge in [-0.15, -0.1) is 10.2 Å². The van der Waals surface area contributed by atoms with Crippen molar-refractivity contribution in [3.05, 3.63) is 70.0 Å². The largest absolute Gasteiger partial charge is 0.494 e. The molecule has 0 aromatic carbocycles. The van der Waals surface area contributed by atoms with Crippen LogP contribution in [0, 0.1) is 6.92 Å². The molecule has 0 saturated heterocycles. The van der Waals surface area contributed by atoms with Gasteiger partial charge in [-0.05, 0) is 31.2 Å². The van der Waals surface area contributed by atoms with Crippen LogP contribution in [0.5, 0.6) is 5.75 Å². The fraction of sp³-hybridized carbons (Fsp3) is 0.143. The summed E-state index contributed by atoms with van der Waals surface area (Å²) < 4.78 is 6.11. The number of pyridine rings is 3. The van der Waals surface area contributed by atoms with Crippen LogP contribution in [0.1, 0.15) is 21.7 Å². The van der Waals surface area contributed by atoms with Gasteiger partial charge in [0.25, 0.3) is 5.91 Å². The molecule has 12 heteroatoms. The van der Waals surface area contributed by atoms with Gasteiger partial charge in [-0.25, -0.2) is 4.98 Å². The number of hydrogen-bond acceptors (Lipinski definition) is 9. The zero-order valence-corrected chi connectivity index (χ0v) is 20.5. The number of aromatic nitrogens is 5. The van der Waals surface area contributed by atoms with Crippen molar-refractivity contribution in [2.24, 2.45) is 0 Å². The molecule has 1 amide bonds. The Labute approximate surface area is 207 Å². The van der Waals surface area contributed by atoms with Gasteiger partial charge in [0, 0.05) is 35.0 Å². The summed E-state index contributed by atoms with van der Waals surface area (Å²) in [6.07, 6.45) is 4.62. The highest BCUT2D eigenvalue weighted by Crippen LogP contribution is 2.34. The molecule has 168 valence electrons. The average molecular weight is 519 g/mol. The molecule has 0 aliphatic rings. The summed E-state index contributed by atoms with van der Waals surface area (Å²) in [5.74, 6) is 0.720. The van der Waals surface area contributed by atoms with Crippen molar-refractivity contribution in [1.29, 1.82) is 0 Å². The van der Waals surface area contributed by atoms with Gasteiger partial charge in [-0.1, -0.05) is 46.3 Å². The molecule has 8 nitrogen and oxygen atoms in total. The number of carbonyl (C=O) groups excluding carboxylic acids is 1. The predicted molar refractivity (Wildman–Crippen MR) is 130 cm³/mol. The van der Waals surface area contributed by atoms with Crippen LogP contribution in [0.4, 0.5) is 5.13 Å². The number of nitrogens with one attached hydrogen (secondary N) is 1. The summed E-state index contributed by atoms with van der Waals surface area (Å²) in [6.45, 7) is 1.84. The maximum Gasteiger partial charge on any atom is 0.259 e. The Kier molecular flexibility index (Phi) is 7.39. The first-order chi connectivity index (χ1) is 15.9. The molecule has 0 aliphatic heterocycles. The van der Waals surface area contributed by atoms with E-state index >= 15 is 0 Å². The first kappa shape index (κ1) is 23.4. The Morgan fingerprint density at radius 3 is 2.70 bits per heavy atom. The standard InChI is InChI=1S/C21H16Cl2N6O2S2/c1-11-5-14(15-6-18(23)26-9-17(15)31-2)16(8-24-11)19(30)27-20-28-29-21(33-20)32-10-13-4-3-12(22)7-25-13/h3-9H,10H2,1-2H3,(H,27,28,30). The molecule has 33 heavy (non-hydrogen) atoms. The number of methoxy groups -OCH3 is 1. The molecule has 0 saturated carbocycles. The smallest absolute Gasteiger partial charge is 0.259 e. The number of nitrogens with zero attached hydrogens (tertiary/aromatic N) is 5. The molecule has 0 aliphatic carbocycles. The Morgan fingerprint density at radius 2 is 1.94 bits per heavy atom. The molecule has 0 bridgehead atoms. The van der Waals surface area contributed by atoms with E-state index in [1.807, 2.05) is 13.0 Å². The van der Waals surface area contributed by atoms with Gasteiger partial charge in [0.05, 0.1) is 29.6 Å². The van der Waals surface area contributed by atoms with Crippen LogP contribution in [0.15, 0.2) is 47.2 Å². The topological polar surface area (TPSA) is 103 Å². The zero-order chi connectivity index (χ0) is 23.4. The molecule has 1 N–H and O–H groups in total. The van der Waals surface area contributed by atoms with E-state index in [2.05, 4.69) is 30.5 Å². The van der Waals surface area contributed by atoms with Gasteiger partial charge in [-0.3, -0.25) is 20.1 Å². The minimum atomic E-state index is -0.375. The van der Waals surface area contributed by atoms with Crippen LogP contribution in [0.2, 0.25) is 10.2 Å². The quantitative estimate of drug-likeness (QED) is 0.192. The fourth-order valence-electron chi connectivity index (χ4n) is 2.86. The molecule has 0 spiro atoms. The van der Waals surface area contributed by atoms with Crippen molar-refractivity contribution in [3.8, 4) is 16.9 Å². The molecule has 0 unspecified atom stereocenters. The number of thioether (sulfide) groups is 1.